The van der Waals surface area contributed by atoms with E-state index in [0.29, 0.717) is 28.0 Å². The van der Waals surface area contributed by atoms with Gasteiger partial charge in [0.05, 0.1) is 22.7 Å². The Morgan fingerprint density at radius 2 is 1.83 bits per heavy atom. The molecule has 0 saturated carbocycles. The average molecular weight is 449 g/mol. The van der Waals surface area contributed by atoms with Crippen LogP contribution in [0.5, 0.6) is 5.75 Å². The van der Waals surface area contributed by atoms with Gasteiger partial charge in [-0.25, -0.2) is 4.98 Å². The van der Waals surface area contributed by atoms with E-state index in [9.17, 15) is 5.26 Å². The summed E-state index contributed by atoms with van der Waals surface area (Å²) in [5.41, 5.74) is 3.24. The van der Waals surface area contributed by atoms with Gasteiger partial charge in [-0.05, 0) is 47.3 Å². The summed E-state index contributed by atoms with van der Waals surface area (Å²) in [5, 5.41) is 13.3. The first-order chi connectivity index (χ1) is 14.7. The van der Waals surface area contributed by atoms with Crippen LogP contribution in [0.15, 0.2) is 83.2 Å². The van der Waals surface area contributed by atoms with E-state index in [0.717, 1.165) is 27.4 Å². The van der Waals surface area contributed by atoms with E-state index in [4.69, 9.17) is 21.3 Å². The third-order valence-electron chi connectivity index (χ3n) is 4.36. The van der Waals surface area contributed by atoms with Crippen molar-refractivity contribution in [1.29, 1.82) is 5.26 Å². The van der Waals surface area contributed by atoms with Crippen LogP contribution in [0, 0.1) is 11.3 Å². The number of pyridine rings is 1. The van der Waals surface area contributed by atoms with Crippen LogP contribution >= 0.6 is 34.7 Å². The monoisotopic (exact) mass is 448 g/mol. The summed E-state index contributed by atoms with van der Waals surface area (Å²) in [6, 6.07) is 25.6. The van der Waals surface area contributed by atoms with Crippen molar-refractivity contribution in [2.75, 3.05) is 12.4 Å². The van der Waals surface area contributed by atoms with Gasteiger partial charge in [0.15, 0.2) is 0 Å². The van der Waals surface area contributed by atoms with E-state index in [1.807, 2.05) is 78.2 Å². The maximum Gasteiger partial charge on any atom is 0.119 e. The predicted molar refractivity (Wildman–Crippen MR) is 125 cm³/mol. The number of thioether (sulfide) groups is 1. The molecule has 0 saturated heterocycles. The highest BCUT2D eigenvalue weighted by Gasteiger charge is 2.16. The molecule has 0 N–H and O–H groups in total. The SMILES string of the molecule is N#Cc1c(-c2ccc(Cl)cc2)cc(-c2cccs2)nc1SCCOc1ccccc1. The fraction of sp³-hybridized carbons (Fsp3) is 0.0833. The topological polar surface area (TPSA) is 45.9 Å². The van der Waals surface area contributed by atoms with Crippen LogP contribution in [0.25, 0.3) is 21.7 Å². The average Bonchev–Trinajstić information content (AvgIpc) is 3.32. The zero-order chi connectivity index (χ0) is 20.8. The minimum absolute atomic E-state index is 0.529. The molecule has 0 aliphatic rings. The Bertz CT molecular complexity index is 1150. The molecule has 2 aromatic heterocycles. The maximum absolute atomic E-state index is 9.91. The molecule has 4 aromatic rings. The van der Waals surface area contributed by atoms with Crippen molar-refractivity contribution in [2.24, 2.45) is 0 Å². The Balaban J connectivity index is 1.64. The van der Waals surface area contributed by atoms with Crippen LogP contribution in [0.2, 0.25) is 5.02 Å². The standard InChI is InChI=1S/C24H17ClN2OS2/c25-18-10-8-17(9-11-18)20-15-22(23-7-4-13-29-23)27-24(21(20)16-26)30-14-12-28-19-5-2-1-3-6-19/h1-11,13,15H,12,14H2. The number of rotatable bonds is 7. The molecule has 6 heteroatoms. The molecule has 0 amide bonds. The van der Waals surface area contributed by atoms with Crippen molar-refractivity contribution in [3.63, 3.8) is 0 Å². The Labute approximate surface area is 188 Å². The van der Waals surface area contributed by atoms with Crippen molar-refractivity contribution in [3.8, 4) is 33.5 Å². The van der Waals surface area contributed by atoms with Crippen LogP contribution < -0.4 is 4.74 Å². The summed E-state index contributed by atoms with van der Waals surface area (Å²) in [5.74, 6) is 1.52. The molecule has 0 atom stereocenters. The van der Waals surface area contributed by atoms with Crippen LogP contribution in [0.3, 0.4) is 0 Å². The maximum atomic E-state index is 9.91. The molecule has 0 fully saturated rings. The van der Waals surface area contributed by atoms with Gasteiger partial charge in [-0.3, -0.25) is 0 Å². The van der Waals surface area contributed by atoms with Crippen LogP contribution in [-0.4, -0.2) is 17.3 Å². The van der Waals surface area contributed by atoms with Gasteiger partial charge < -0.3 is 4.74 Å². The molecular formula is C24H17ClN2OS2. The number of nitriles is 1. The van der Waals surface area contributed by atoms with Gasteiger partial charge in [-0.1, -0.05) is 48.0 Å². The smallest absolute Gasteiger partial charge is 0.119 e. The second-order valence-corrected chi connectivity index (χ2v) is 8.81. The molecule has 2 aromatic carbocycles. The molecule has 4 rings (SSSR count). The van der Waals surface area contributed by atoms with Gasteiger partial charge in [0, 0.05) is 16.3 Å². The van der Waals surface area contributed by atoms with Crippen molar-refractivity contribution < 1.29 is 4.74 Å². The Morgan fingerprint density at radius 1 is 1.03 bits per heavy atom. The van der Waals surface area contributed by atoms with Gasteiger partial charge in [-0.15, -0.1) is 23.1 Å². The largest absolute Gasteiger partial charge is 0.493 e. The number of hydrogen-bond acceptors (Lipinski definition) is 5. The Morgan fingerprint density at radius 3 is 2.53 bits per heavy atom. The van der Waals surface area contributed by atoms with E-state index in [1.165, 1.54) is 11.8 Å². The van der Waals surface area contributed by atoms with Crippen LogP contribution in [-0.2, 0) is 0 Å². The highest BCUT2D eigenvalue weighted by molar-refractivity contribution is 7.99. The molecule has 0 aliphatic carbocycles. The van der Waals surface area contributed by atoms with Crippen molar-refractivity contribution >= 4 is 34.7 Å². The number of aromatic nitrogens is 1. The van der Waals surface area contributed by atoms with E-state index >= 15 is 0 Å². The molecule has 0 unspecified atom stereocenters. The van der Waals surface area contributed by atoms with Crippen molar-refractivity contribution in [3.05, 3.63) is 88.8 Å². The van der Waals surface area contributed by atoms with Gasteiger partial charge in [0.2, 0.25) is 0 Å². The Hall–Kier alpha value is -2.78. The second-order valence-electron chi connectivity index (χ2n) is 6.34. The summed E-state index contributed by atoms with van der Waals surface area (Å²) in [6.45, 7) is 0.529. The highest BCUT2D eigenvalue weighted by Crippen LogP contribution is 2.35. The molecule has 0 spiro atoms. The van der Waals surface area contributed by atoms with Crippen molar-refractivity contribution in [2.45, 2.75) is 5.03 Å². The number of hydrogen-bond donors (Lipinski definition) is 0. The quantitative estimate of drug-likeness (QED) is 0.222. The molecule has 3 nitrogen and oxygen atoms in total. The molecular weight excluding hydrogens is 432 g/mol. The third kappa shape index (κ3) is 4.85. The zero-order valence-electron chi connectivity index (χ0n) is 15.9. The molecule has 30 heavy (non-hydrogen) atoms. The number of nitrogens with zero attached hydrogens (tertiary/aromatic N) is 2. The minimum Gasteiger partial charge on any atom is -0.493 e. The lowest BCUT2D eigenvalue weighted by Gasteiger charge is -2.12. The molecule has 0 bridgehead atoms. The lowest BCUT2D eigenvalue weighted by molar-refractivity contribution is 0.344. The number of halogens is 1. The van der Waals surface area contributed by atoms with E-state index < -0.39 is 0 Å². The van der Waals surface area contributed by atoms with Gasteiger partial charge in [-0.2, -0.15) is 5.26 Å². The molecule has 0 radical (unpaired) electrons. The van der Waals surface area contributed by atoms with Crippen LogP contribution in [0.4, 0.5) is 0 Å². The number of thiophene rings is 1. The van der Waals surface area contributed by atoms with Crippen LogP contribution in [0.1, 0.15) is 5.56 Å². The predicted octanol–water partition coefficient (Wildman–Crippen LogP) is 7.17. The molecule has 148 valence electrons. The number of ether oxygens (including phenoxy) is 1. The number of benzene rings is 2. The fourth-order valence-electron chi connectivity index (χ4n) is 2.96. The lowest BCUT2D eigenvalue weighted by Crippen LogP contribution is -2.02. The van der Waals surface area contributed by atoms with Gasteiger partial charge in [0.25, 0.3) is 0 Å². The Kier molecular flexibility index (Phi) is 6.70. The molecule has 2 heterocycles. The lowest BCUT2D eigenvalue weighted by atomic mass is 10.0. The first-order valence-corrected chi connectivity index (χ1v) is 11.5. The first kappa shape index (κ1) is 20.5. The first-order valence-electron chi connectivity index (χ1n) is 9.30. The van der Waals surface area contributed by atoms with Gasteiger partial charge in [0.1, 0.15) is 16.8 Å². The summed E-state index contributed by atoms with van der Waals surface area (Å²) in [4.78, 5) is 5.87. The fourth-order valence-corrected chi connectivity index (χ4v) is 4.59. The van der Waals surface area contributed by atoms with Gasteiger partial charge >= 0.3 is 0 Å². The highest BCUT2D eigenvalue weighted by atomic mass is 35.5. The van der Waals surface area contributed by atoms with E-state index in [2.05, 4.69) is 6.07 Å². The second kappa shape index (κ2) is 9.82. The van der Waals surface area contributed by atoms with Crippen molar-refractivity contribution in [1.82, 2.24) is 4.98 Å². The summed E-state index contributed by atoms with van der Waals surface area (Å²) in [7, 11) is 0. The normalized spacial score (nSPS) is 10.5. The van der Waals surface area contributed by atoms with E-state index in [-0.39, 0.29) is 0 Å². The van der Waals surface area contributed by atoms with E-state index in [1.54, 1.807) is 11.3 Å². The summed E-state index contributed by atoms with van der Waals surface area (Å²) in [6.07, 6.45) is 0. The zero-order valence-corrected chi connectivity index (χ0v) is 18.3. The summed E-state index contributed by atoms with van der Waals surface area (Å²) >= 11 is 9.22. The third-order valence-corrected chi connectivity index (χ3v) is 6.44. The minimum atomic E-state index is 0.529. The summed E-state index contributed by atoms with van der Waals surface area (Å²) < 4.78 is 5.79. The molecule has 0 aliphatic heterocycles. The number of para-hydroxylation sites is 1.